The van der Waals surface area contributed by atoms with E-state index in [1.165, 1.54) is 108 Å². The van der Waals surface area contributed by atoms with Crippen LogP contribution in [0.15, 0.2) is 24.3 Å². The van der Waals surface area contributed by atoms with E-state index in [4.69, 9.17) is 5.11 Å². The fourth-order valence-electron chi connectivity index (χ4n) is 3.28. The average molecular weight is 457 g/mol. The first kappa shape index (κ1) is 34.5. The van der Waals surface area contributed by atoms with E-state index < -0.39 is 17.7 Å². The van der Waals surface area contributed by atoms with Crippen molar-refractivity contribution in [2.24, 2.45) is 0 Å². The molecular weight excluding hydrogens is 408 g/mol. The van der Waals surface area contributed by atoms with Crippen molar-refractivity contribution < 1.29 is 24.9 Å². The lowest BCUT2D eigenvalue weighted by Crippen LogP contribution is -2.21. The number of hydrogen-bond acceptors (Lipinski definition) is 4. The number of aromatic carboxylic acids is 1. The van der Waals surface area contributed by atoms with Gasteiger partial charge in [-0.1, -0.05) is 121 Å². The fourth-order valence-corrected chi connectivity index (χ4v) is 3.28. The molecule has 188 valence electrons. The maximum absolute atomic E-state index is 10.7. The summed E-state index contributed by atoms with van der Waals surface area (Å²) in [7, 11) is 0. The summed E-state index contributed by atoms with van der Waals surface area (Å²) in [5.41, 5.74) is -0.178. The molecule has 0 aliphatic carbocycles. The van der Waals surface area contributed by atoms with Gasteiger partial charge in [0.15, 0.2) is 0 Å². The first-order chi connectivity index (χ1) is 14.5. The first-order valence-electron chi connectivity index (χ1n) is 11.7. The lowest BCUT2D eigenvalue weighted by atomic mass is 10.0. The van der Waals surface area contributed by atoms with Crippen molar-refractivity contribution in [3.05, 3.63) is 29.8 Å². The van der Waals surface area contributed by atoms with Crippen LogP contribution in [-0.2, 0) is 4.79 Å². The van der Waals surface area contributed by atoms with E-state index in [2.05, 4.69) is 6.92 Å². The Bertz CT molecular complexity index is 567. The summed E-state index contributed by atoms with van der Waals surface area (Å²) in [6, 6.07) is 5.54. The molecule has 0 fully saturated rings. The van der Waals surface area contributed by atoms with E-state index >= 15 is 0 Å². The van der Waals surface area contributed by atoms with Crippen molar-refractivity contribution in [3.8, 4) is 5.75 Å². The third-order valence-corrected chi connectivity index (χ3v) is 5.10. The molecule has 0 bridgehead atoms. The van der Waals surface area contributed by atoms with E-state index in [-0.39, 0.29) is 24.3 Å². The predicted molar refractivity (Wildman–Crippen MR) is 129 cm³/mol. The van der Waals surface area contributed by atoms with Gasteiger partial charge in [0.25, 0.3) is 0 Å². The van der Waals surface area contributed by atoms with Crippen LogP contribution in [0.3, 0.4) is 0 Å². The fraction of sp³-hybridized carbons (Fsp3) is 0.680. The number of carbonyl (C=O) groups is 2. The van der Waals surface area contributed by atoms with Gasteiger partial charge in [0.1, 0.15) is 0 Å². The zero-order valence-electron chi connectivity index (χ0n) is 20.7. The smallest absolute Gasteiger partial charge is 0.335 e. The van der Waals surface area contributed by atoms with Crippen LogP contribution in [0.2, 0.25) is 0 Å². The first-order valence-corrected chi connectivity index (χ1v) is 11.7. The molecule has 0 saturated carbocycles. The van der Waals surface area contributed by atoms with Gasteiger partial charge in [-0.3, -0.25) is 0 Å². The zero-order valence-corrected chi connectivity index (χ0v) is 20.7. The van der Waals surface area contributed by atoms with Crippen LogP contribution in [0.1, 0.15) is 120 Å². The minimum atomic E-state index is -1.18. The van der Waals surface area contributed by atoms with Crippen LogP contribution in [0.25, 0.3) is 0 Å². The summed E-state index contributed by atoms with van der Waals surface area (Å²) in [6.07, 6.45) is 19.9. The highest BCUT2D eigenvalue weighted by Crippen LogP contribution is 2.13. The van der Waals surface area contributed by atoms with Crippen LogP contribution in [0.4, 0.5) is 0 Å². The van der Waals surface area contributed by atoms with Gasteiger partial charge in [-0.25, -0.2) is 4.79 Å². The number of hydrogen-bond donors (Lipinski definition) is 3. The molecule has 0 aromatic heterocycles. The second-order valence-electron chi connectivity index (χ2n) is 7.87. The summed E-state index contributed by atoms with van der Waals surface area (Å²) in [5.74, 6) is -2.53. The highest BCUT2D eigenvalue weighted by atomic mass is 16.4. The van der Waals surface area contributed by atoms with E-state index in [0.717, 1.165) is 12.8 Å². The summed E-state index contributed by atoms with van der Waals surface area (Å²) >= 11 is 0. The van der Waals surface area contributed by atoms with Crippen molar-refractivity contribution in [3.63, 3.8) is 0 Å². The van der Waals surface area contributed by atoms with Crippen molar-refractivity contribution >= 4 is 11.9 Å². The van der Waals surface area contributed by atoms with Crippen LogP contribution < -0.4 is 22.5 Å². The number of rotatable bonds is 17. The second kappa shape index (κ2) is 25.1. The maximum atomic E-state index is 10.7. The Kier molecular flexibility index (Phi) is 27.1. The standard InChI is InChI=1S/C18H36O2.C7H6O3.2H3N/c1-2-3-4-5-6-7-8-9-10-11-12-13-14-15-16-17-18(19)20;8-6-4-2-1-3-5(6)7(9)10;;/h2-17H2,1H3,(H,19,20);1-4,8H,(H,9,10);2*1H3. The molecule has 0 heterocycles. The Balaban J connectivity index is -0.000000591. The Morgan fingerprint density at radius 1 is 0.719 bits per heavy atom. The van der Waals surface area contributed by atoms with Gasteiger partial charge in [0.05, 0.1) is 5.56 Å². The molecule has 0 aliphatic heterocycles. The molecule has 7 nitrogen and oxygen atoms in total. The van der Waals surface area contributed by atoms with Gasteiger partial charge < -0.3 is 32.4 Å². The number of carboxylic acid groups (broad SMARTS) is 2. The SMILES string of the molecule is CCCCCCCCCCCCCCCCCC(=O)[O-].O=C(O)c1ccccc1[O-].[NH4+].[NH4+]. The molecule has 1 aromatic carbocycles. The van der Waals surface area contributed by atoms with Crippen molar-refractivity contribution in [2.45, 2.75) is 110 Å². The van der Waals surface area contributed by atoms with Crippen molar-refractivity contribution in [2.75, 3.05) is 0 Å². The van der Waals surface area contributed by atoms with Gasteiger partial charge in [-0.05, 0) is 18.9 Å². The zero-order chi connectivity index (χ0) is 22.5. The van der Waals surface area contributed by atoms with Crippen molar-refractivity contribution in [1.82, 2.24) is 12.3 Å². The molecule has 0 saturated heterocycles. The van der Waals surface area contributed by atoms with Gasteiger partial charge in [-0.15, -0.1) is 0 Å². The average Bonchev–Trinajstić information content (AvgIpc) is 2.71. The maximum Gasteiger partial charge on any atom is 0.335 e. The van der Waals surface area contributed by atoms with E-state index in [1.54, 1.807) is 0 Å². The molecule has 0 unspecified atom stereocenters. The molecule has 0 radical (unpaired) electrons. The molecular formula is C25H48N2O5. The van der Waals surface area contributed by atoms with Crippen LogP contribution in [0.5, 0.6) is 5.75 Å². The summed E-state index contributed by atoms with van der Waals surface area (Å²) < 4.78 is 0. The third kappa shape index (κ3) is 22.6. The van der Waals surface area contributed by atoms with Crippen molar-refractivity contribution in [1.29, 1.82) is 0 Å². The number of unbranched alkanes of at least 4 members (excludes halogenated alkanes) is 14. The largest absolute Gasteiger partial charge is 0.872 e. The lowest BCUT2D eigenvalue weighted by Gasteiger charge is -2.07. The number of benzene rings is 1. The molecule has 1 rings (SSSR count). The molecule has 0 spiro atoms. The molecule has 9 N–H and O–H groups in total. The molecule has 0 atom stereocenters. The normalized spacial score (nSPS) is 9.66. The summed E-state index contributed by atoms with van der Waals surface area (Å²) in [4.78, 5) is 20.4. The number of carboxylic acids is 2. The number of carbonyl (C=O) groups excluding carboxylic acids is 1. The molecule has 1 aromatic rings. The summed E-state index contributed by atoms with van der Waals surface area (Å²) in [6.45, 7) is 2.27. The van der Waals surface area contributed by atoms with E-state index in [9.17, 15) is 19.8 Å². The monoisotopic (exact) mass is 456 g/mol. The van der Waals surface area contributed by atoms with E-state index in [0.29, 0.717) is 0 Å². The van der Waals surface area contributed by atoms with Crippen LogP contribution >= 0.6 is 0 Å². The Morgan fingerprint density at radius 3 is 1.41 bits per heavy atom. The Hall–Kier alpha value is -2.12. The van der Waals surface area contributed by atoms with Gasteiger partial charge in [0.2, 0.25) is 0 Å². The Labute approximate surface area is 194 Å². The minimum absolute atomic E-state index is 0. The highest BCUT2D eigenvalue weighted by molar-refractivity contribution is 5.90. The molecule has 7 heteroatoms. The third-order valence-electron chi connectivity index (χ3n) is 5.10. The van der Waals surface area contributed by atoms with Gasteiger partial charge >= 0.3 is 5.97 Å². The van der Waals surface area contributed by atoms with Gasteiger partial charge in [-0.2, -0.15) is 0 Å². The number of para-hydroxylation sites is 1. The molecule has 0 aliphatic rings. The number of quaternary nitrogens is 2. The van der Waals surface area contributed by atoms with Crippen LogP contribution in [-0.4, -0.2) is 17.0 Å². The van der Waals surface area contributed by atoms with E-state index in [1.807, 2.05) is 0 Å². The minimum Gasteiger partial charge on any atom is -0.872 e. The second-order valence-corrected chi connectivity index (χ2v) is 7.87. The van der Waals surface area contributed by atoms with Crippen LogP contribution in [0, 0.1) is 0 Å². The molecule has 32 heavy (non-hydrogen) atoms. The van der Waals surface area contributed by atoms with Gasteiger partial charge in [0, 0.05) is 5.97 Å². The topological polar surface area (TPSA) is 173 Å². The quantitative estimate of drug-likeness (QED) is 0.236. The highest BCUT2D eigenvalue weighted by Gasteiger charge is 1.99. The summed E-state index contributed by atoms with van der Waals surface area (Å²) in [5, 5.41) is 29.3. The number of aliphatic carboxylic acids is 1. The lowest BCUT2D eigenvalue weighted by molar-refractivity contribution is -0.305. The predicted octanol–water partition coefficient (Wildman–Crippen LogP) is 6.21. The Morgan fingerprint density at radius 2 is 1.09 bits per heavy atom. The molecule has 0 amide bonds.